The highest BCUT2D eigenvalue weighted by Gasteiger charge is 2.46. The van der Waals surface area contributed by atoms with E-state index >= 15 is 0 Å². The lowest BCUT2D eigenvalue weighted by molar-refractivity contribution is -0.139. The number of benzene rings is 2. The molecular formula is C29H27N3O4S. The van der Waals surface area contributed by atoms with E-state index in [0.29, 0.717) is 37.4 Å². The number of ether oxygens (including phenoxy) is 1. The van der Waals surface area contributed by atoms with Crippen molar-refractivity contribution in [2.24, 2.45) is 0 Å². The molecule has 37 heavy (non-hydrogen) atoms. The first-order chi connectivity index (χ1) is 18.0. The van der Waals surface area contributed by atoms with Crippen molar-refractivity contribution < 1.29 is 19.4 Å². The van der Waals surface area contributed by atoms with E-state index in [2.05, 4.69) is 11.1 Å². The van der Waals surface area contributed by atoms with E-state index in [9.17, 15) is 14.7 Å². The van der Waals surface area contributed by atoms with Crippen LogP contribution in [0.15, 0.2) is 90.3 Å². The second-order valence-electron chi connectivity index (χ2n) is 8.96. The quantitative estimate of drug-likeness (QED) is 0.185. The normalized spacial score (nSPS) is 16.9. The Morgan fingerprint density at radius 1 is 1.08 bits per heavy atom. The van der Waals surface area contributed by atoms with Crippen molar-refractivity contribution in [2.45, 2.75) is 32.5 Å². The van der Waals surface area contributed by atoms with E-state index in [1.54, 1.807) is 41.7 Å². The van der Waals surface area contributed by atoms with E-state index in [1.807, 2.05) is 53.4 Å². The van der Waals surface area contributed by atoms with Crippen LogP contribution < -0.4 is 4.74 Å². The molecule has 0 bridgehead atoms. The van der Waals surface area contributed by atoms with Crippen molar-refractivity contribution in [3.05, 3.63) is 112 Å². The van der Waals surface area contributed by atoms with Crippen molar-refractivity contribution in [1.82, 2.24) is 14.5 Å². The Morgan fingerprint density at radius 3 is 2.62 bits per heavy atom. The molecule has 8 heteroatoms. The number of hydrogen-bond acceptors (Lipinski definition) is 6. The molecule has 1 aliphatic rings. The van der Waals surface area contributed by atoms with Gasteiger partial charge < -0.3 is 19.3 Å². The lowest BCUT2D eigenvalue weighted by atomic mass is 10.00. The van der Waals surface area contributed by atoms with Crippen molar-refractivity contribution in [1.29, 1.82) is 0 Å². The van der Waals surface area contributed by atoms with Gasteiger partial charge in [-0.3, -0.25) is 9.59 Å². The zero-order valence-electron chi connectivity index (χ0n) is 20.4. The van der Waals surface area contributed by atoms with E-state index < -0.39 is 17.7 Å². The third-order valence-electron chi connectivity index (χ3n) is 6.34. The molecule has 0 spiro atoms. The maximum absolute atomic E-state index is 13.1. The van der Waals surface area contributed by atoms with Gasteiger partial charge in [0.05, 0.1) is 17.9 Å². The average molecular weight is 514 g/mol. The average Bonchev–Trinajstić information content (AvgIpc) is 3.67. The predicted octanol–water partition coefficient (Wildman–Crippen LogP) is 5.34. The SMILES string of the molecule is Cc1cccc(COc2ccc(C(O)=C3C(=O)C(=O)N(CCCn4ccnc4)[C@H]3c3cccs3)cc2)c1. The number of ketones is 1. The van der Waals surface area contributed by atoms with Gasteiger partial charge in [-0.05, 0) is 54.6 Å². The van der Waals surface area contributed by atoms with E-state index in [4.69, 9.17) is 4.74 Å². The molecule has 2 aromatic heterocycles. The first kappa shape index (κ1) is 24.5. The van der Waals surface area contributed by atoms with Gasteiger partial charge in [0.2, 0.25) is 0 Å². The Kier molecular flexibility index (Phi) is 7.18. The molecule has 3 heterocycles. The molecule has 1 amide bonds. The maximum Gasteiger partial charge on any atom is 0.295 e. The Bertz CT molecular complexity index is 1410. The molecule has 188 valence electrons. The van der Waals surface area contributed by atoms with Crippen LogP contribution in [0.3, 0.4) is 0 Å². The standard InChI is InChI=1S/C29H27N3O4S/c1-20-5-2-6-21(17-20)18-36-23-10-8-22(9-11-23)27(33)25-26(24-7-3-16-37-24)32(29(35)28(25)34)14-4-13-31-15-12-30-19-31/h2-3,5-12,15-17,19,26,33H,4,13-14,18H2,1H3/t26-/m0/s1. The minimum Gasteiger partial charge on any atom is -0.507 e. The second kappa shape index (κ2) is 10.8. The van der Waals surface area contributed by atoms with Crippen molar-refractivity contribution >= 4 is 28.8 Å². The minimum atomic E-state index is -0.668. The highest BCUT2D eigenvalue weighted by atomic mass is 32.1. The smallest absolute Gasteiger partial charge is 0.295 e. The van der Waals surface area contributed by atoms with Crippen LogP contribution in [0.5, 0.6) is 5.75 Å². The number of carbonyl (C=O) groups excluding carboxylic acids is 2. The first-order valence-corrected chi connectivity index (χ1v) is 13.0. The van der Waals surface area contributed by atoms with Gasteiger partial charge in [0.1, 0.15) is 18.1 Å². The largest absolute Gasteiger partial charge is 0.507 e. The number of aryl methyl sites for hydroxylation is 2. The van der Waals surface area contributed by atoms with Gasteiger partial charge in [-0.1, -0.05) is 35.9 Å². The van der Waals surface area contributed by atoms with Gasteiger partial charge in [-0.2, -0.15) is 0 Å². The minimum absolute atomic E-state index is 0.114. The Hall–Kier alpha value is -4.17. The molecular weight excluding hydrogens is 486 g/mol. The van der Waals surface area contributed by atoms with E-state index in [0.717, 1.165) is 10.4 Å². The van der Waals surface area contributed by atoms with Gasteiger partial charge in [0.15, 0.2) is 0 Å². The molecule has 7 nitrogen and oxygen atoms in total. The fourth-order valence-corrected chi connectivity index (χ4v) is 5.37. The zero-order chi connectivity index (χ0) is 25.8. The van der Waals surface area contributed by atoms with Crippen LogP contribution in [0.4, 0.5) is 0 Å². The fourth-order valence-electron chi connectivity index (χ4n) is 4.53. The van der Waals surface area contributed by atoms with Crippen LogP contribution in [0, 0.1) is 6.92 Å². The maximum atomic E-state index is 13.1. The second-order valence-corrected chi connectivity index (χ2v) is 9.94. The molecule has 1 aliphatic heterocycles. The summed E-state index contributed by atoms with van der Waals surface area (Å²) in [5.74, 6) is -0.797. The number of imidazole rings is 1. The number of likely N-dealkylation sites (tertiary alicyclic amines) is 1. The molecule has 1 N–H and O–H groups in total. The number of hydrogen-bond donors (Lipinski definition) is 1. The van der Waals surface area contributed by atoms with Gasteiger partial charge in [0, 0.05) is 35.9 Å². The molecule has 0 saturated carbocycles. The predicted molar refractivity (Wildman–Crippen MR) is 142 cm³/mol. The number of nitrogens with zero attached hydrogens (tertiary/aromatic N) is 3. The summed E-state index contributed by atoms with van der Waals surface area (Å²) in [6.45, 7) is 3.52. The van der Waals surface area contributed by atoms with Crippen molar-refractivity contribution in [2.75, 3.05) is 6.54 Å². The number of aliphatic hydroxyl groups is 1. The monoisotopic (exact) mass is 513 g/mol. The van der Waals surface area contributed by atoms with Gasteiger partial charge in [-0.25, -0.2) is 4.98 Å². The topological polar surface area (TPSA) is 84.7 Å². The Balaban J connectivity index is 1.37. The van der Waals surface area contributed by atoms with E-state index in [1.165, 1.54) is 16.9 Å². The highest BCUT2D eigenvalue weighted by molar-refractivity contribution is 7.10. The van der Waals surface area contributed by atoms with Crippen molar-refractivity contribution in [3.8, 4) is 5.75 Å². The summed E-state index contributed by atoms with van der Waals surface area (Å²) in [7, 11) is 0. The summed E-state index contributed by atoms with van der Waals surface area (Å²) in [5, 5.41) is 13.1. The third-order valence-corrected chi connectivity index (χ3v) is 7.27. The molecule has 0 aliphatic carbocycles. The van der Waals surface area contributed by atoms with Gasteiger partial charge >= 0.3 is 0 Å². The van der Waals surface area contributed by atoms with E-state index in [-0.39, 0.29) is 11.3 Å². The Labute approximate surface area is 219 Å². The number of aliphatic hydroxyl groups excluding tert-OH is 1. The molecule has 1 saturated heterocycles. The van der Waals surface area contributed by atoms with Crippen LogP contribution in [0.2, 0.25) is 0 Å². The molecule has 1 fully saturated rings. The summed E-state index contributed by atoms with van der Waals surface area (Å²) < 4.78 is 7.82. The number of Topliss-reactive ketones (excluding diaryl/α,β-unsaturated/α-hetero) is 1. The molecule has 2 aromatic carbocycles. The number of rotatable bonds is 9. The lowest BCUT2D eigenvalue weighted by Crippen LogP contribution is -2.31. The Morgan fingerprint density at radius 2 is 1.92 bits per heavy atom. The molecule has 0 unspecified atom stereocenters. The lowest BCUT2D eigenvalue weighted by Gasteiger charge is -2.24. The number of amides is 1. The highest BCUT2D eigenvalue weighted by Crippen LogP contribution is 2.41. The van der Waals surface area contributed by atoms with Crippen LogP contribution >= 0.6 is 11.3 Å². The summed E-state index contributed by atoms with van der Waals surface area (Å²) in [6, 6.07) is 18.2. The summed E-state index contributed by atoms with van der Waals surface area (Å²) in [6.07, 6.45) is 5.94. The van der Waals surface area contributed by atoms with Crippen LogP contribution in [-0.4, -0.2) is 37.8 Å². The van der Waals surface area contributed by atoms with Crippen LogP contribution in [0.25, 0.3) is 5.76 Å². The molecule has 4 aromatic rings. The molecule has 5 rings (SSSR count). The van der Waals surface area contributed by atoms with Crippen LogP contribution in [-0.2, 0) is 22.7 Å². The molecule has 1 atom stereocenters. The first-order valence-electron chi connectivity index (χ1n) is 12.1. The summed E-state index contributed by atoms with van der Waals surface area (Å²) in [5.41, 5.74) is 2.81. The number of thiophene rings is 1. The summed E-state index contributed by atoms with van der Waals surface area (Å²) >= 11 is 1.46. The van der Waals surface area contributed by atoms with Crippen molar-refractivity contribution in [3.63, 3.8) is 0 Å². The van der Waals surface area contributed by atoms with Gasteiger partial charge in [0.25, 0.3) is 11.7 Å². The summed E-state index contributed by atoms with van der Waals surface area (Å²) in [4.78, 5) is 32.6. The fraction of sp³-hybridized carbons (Fsp3) is 0.207. The third kappa shape index (κ3) is 5.34. The van der Waals surface area contributed by atoms with Gasteiger partial charge in [-0.15, -0.1) is 11.3 Å². The molecule has 0 radical (unpaired) electrons. The zero-order valence-corrected chi connectivity index (χ0v) is 21.2. The van der Waals surface area contributed by atoms with Crippen LogP contribution in [0.1, 0.15) is 34.0 Å². The number of aromatic nitrogens is 2. The number of carbonyl (C=O) groups is 2.